The lowest BCUT2D eigenvalue weighted by Gasteiger charge is -2.30. The number of hydrogen-bond donors (Lipinski definition) is 1. The summed E-state index contributed by atoms with van der Waals surface area (Å²) in [6.07, 6.45) is 1.78. The second-order valence-corrected chi connectivity index (χ2v) is 5.33. The van der Waals surface area contributed by atoms with E-state index in [1.165, 1.54) is 0 Å². The summed E-state index contributed by atoms with van der Waals surface area (Å²) in [4.78, 5) is 11.8. The van der Waals surface area contributed by atoms with Gasteiger partial charge in [-0.1, -0.05) is 0 Å². The molecule has 1 fully saturated rings. The molecule has 1 N–H and O–H groups in total. The molecule has 1 saturated carbocycles. The van der Waals surface area contributed by atoms with Crippen molar-refractivity contribution in [1.29, 1.82) is 0 Å². The van der Waals surface area contributed by atoms with E-state index in [9.17, 15) is 9.90 Å². The van der Waals surface area contributed by atoms with Gasteiger partial charge in [-0.25, -0.2) is 0 Å². The minimum absolute atomic E-state index is 0.269. The number of hydrogen-bond acceptors (Lipinski definition) is 3. The van der Waals surface area contributed by atoms with Crippen LogP contribution in [0.5, 0.6) is 0 Å². The molecule has 0 unspecified atom stereocenters. The Labute approximate surface area is 85.5 Å². The van der Waals surface area contributed by atoms with Crippen LogP contribution in [-0.2, 0) is 9.53 Å². The molecule has 82 valence electrons. The van der Waals surface area contributed by atoms with Gasteiger partial charge >= 0.3 is 5.97 Å². The summed E-state index contributed by atoms with van der Waals surface area (Å²) in [5.41, 5.74) is -1.16. The molecule has 3 nitrogen and oxygen atoms in total. The summed E-state index contributed by atoms with van der Waals surface area (Å²) < 4.78 is 5.30. The van der Waals surface area contributed by atoms with Crippen LogP contribution in [-0.4, -0.2) is 22.8 Å². The summed E-state index contributed by atoms with van der Waals surface area (Å²) in [5.74, 6) is -0.269. The summed E-state index contributed by atoms with van der Waals surface area (Å²) in [5, 5.41) is 9.71. The topological polar surface area (TPSA) is 46.5 Å². The monoisotopic (exact) mass is 200 g/mol. The zero-order chi connectivity index (χ0) is 11.0. The first-order chi connectivity index (χ1) is 6.26. The molecule has 1 aliphatic carbocycles. The van der Waals surface area contributed by atoms with Crippen LogP contribution in [0.4, 0.5) is 0 Å². The lowest BCUT2D eigenvalue weighted by Crippen LogP contribution is -2.40. The predicted octanol–water partition coefficient (Wildman–Crippen LogP) is 1.88. The number of aliphatic hydroxyl groups is 1. The van der Waals surface area contributed by atoms with Crippen LogP contribution in [0.25, 0.3) is 0 Å². The quantitative estimate of drug-likeness (QED) is 0.657. The molecular weight excluding hydrogens is 180 g/mol. The molecule has 1 rings (SSSR count). The van der Waals surface area contributed by atoms with Gasteiger partial charge in [-0.3, -0.25) is 4.79 Å². The van der Waals surface area contributed by atoms with Crippen molar-refractivity contribution >= 4 is 5.97 Å². The molecule has 0 radical (unpaired) electrons. The van der Waals surface area contributed by atoms with Gasteiger partial charge < -0.3 is 9.84 Å². The van der Waals surface area contributed by atoms with Gasteiger partial charge in [0.2, 0.25) is 0 Å². The molecule has 0 heterocycles. The standard InChI is InChI=1S/C11H20O3/c1-10(2,3)14-9(13)11(4)7-5-6-8(11)12/h8,12H,5-7H2,1-4H3/t8-,11-/m0/s1. The number of aliphatic hydroxyl groups excluding tert-OH is 1. The average molecular weight is 200 g/mol. The third kappa shape index (κ3) is 2.27. The van der Waals surface area contributed by atoms with Gasteiger partial charge in [0.25, 0.3) is 0 Å². The van der Waals surface area contributed by atoms with Gasteiger partial charge in [0.1, 0.15) is 5.60 Å². The largest absolute Gasteiger partial charge is 0.459 e. The maximum absolute atomic E-state index is 11.8. The van der Waals surface area contributed by atoms with E-state index >= 15 is 0 Å². The summed E-state index contributed by atoms with van der Waals surface area (Å²) in [7, 11) is 0. The molecule has 0 amide bonds. The Balaban J connectivity index is 2.68. The van der Waals surface area contributed by atoms with Gasteiger partial charge in [0.05, 0.1) is 11.5 Å². The molecular formula is C11H20O3. The fourth-order valence-electron chi connectivity index (χ4n) is 1.78. The van der Waals surface area contributed by atoms with E-state index in [1.807, 2.05) is 20.8 Å². The Morgan fingerprint density at radius 3 is 2.43 bits per heavy atom. The third-order valence-corrected chi connectivity index (χ3v) is 2.77. The van der Waals surface area contributed by atoms with Crippen molar-refractivity contribution in [3.8, 4) is 0 Å². The van der Waals surface area contributed by atoms with Crippen LogP contribution in [0.15, 0.2) is 0 Å². The normalized spacial score (nSPS) is 33.1. The first-order valence-electron chi connectivity index (χ1n) is 5.17. The molecule has 2 atom stereocenters. The molecule has 0 aliphatic heterocycles. The molecule has 3 heteroatoms. The highest BCUT2D eigenvalue weighted by atomic mass is 16.6. The Morgan fingerprint density at radius 2 is 2.07 bits per heavy atom. The lowest BCUT2D eigenvalue weighted by atomic mass is 9.86. The van der Waals surface area contributed by atoms with Crippen molar-refractivity contribution in [1.82, 2.24) is 0 Å². The highest BCUT2D eigenvalue weighted by molar-refractivity contribution is 5.78. The fraction of sp³-hybridized carbons (Fsp3) is 0.909. The van der Waals surface area contributed by atoms with E-state index in [0.717, 1.165) is 12.8 Å². The van der Waals surface area contributed by atoms with Crippen LogP contribution in [0.3, 0.4) is 0 Å². The Morgan fingerprint density at radius 1 is 1.50 bits per heavy atom. The van der Waals surface area contributed by atoms with Crippen LogP contribution >= 0.6 is 0 Å². The van der Waals surface area contributed by atoms with Gasteiger partial charge in [0, 0.05) is 0 Å². The molecule has 0 aromatic carbocycles. The van der Waals surface area contributed by atoms with Crippen molar-refractivity contribution in [3.05, 3.63) is 0 Å². The van der Waals surface area contributed by atoms with Gasteiger partial charge in [0.15, 0.2) is 0 Å². The van der Waals surface area contributed by atoms with Crippen molar-refractivity contribution in [2.45, 2.75) is 58.7 Å². The van der Waals surface area contributed by atoms with Crippen molar-refractivity contribution in [3.63, 3.8) is 0 Å². The van der Waals surface area contributed by atoms with Crippen molar-refractivity contribution in [2.24, 2.45) is 5.41 Å². The molecule has 0 bridgehead atoms. The van der Waals surface area contributed by atoms with E-state index in [1.54, 1.807) is 6.92 Å². The van der Waals surface area contributed by atoms with E-state index in [4.69, 9.17) is 4.74 Å². The number of carbonyl (C=O) groups is 1. The van der Waals surface area contributed by atoms with E-state index in [-0.39, 0.29) is 5.97 Å². The SMILES string of the molecule is CC(C)(C)OC(=O)[C@@]1(C)CCC[C@@H]1O. The van der Waals surface area contributed by atoms with Crippen LogP contribution in [0.2, 0.25) is 0 Å². The number of ether oxygens (including phenoxy) is 1. The van der Waals surface area contributed by atoms with E-state index < -0.39 is 17.1 Å². The maximum Gasteiger partial charge on any atom is 0.314 e. The zero-order valence-electron chi connectivity index (χ0n) is 9.46. The molecule has 0 aromatic heterocycles. The predicted molar refractivity (Wildman–Crippen MR) is 53.8 cm³/mol. The number of rotatable bonds is 1. The van der Waals surface area contributed by atoms with Gasteiger partial charge in [-0.2, -0.15) is 0 Å². The molecule has 14 heavy (non-hydrogen) atoms. The summed E-state index contributed by atoms with van der Waals surface area (Å²) in [6, 6.07) is 0. The van der Waals surface area contributed by atoms with E-state index in [2.05, 4.69) is 0 Å². The van der Waals surface area contributed by atoms with Crippen molar-refractivity contribution < 1.29 is 14.6 Å². The summed E-state index contributed by atoms with van der Waals surface area (Å²) >= 11 is 0. The molecule has 0 saturated heterocycles. The minimum atomic E-state index is -0.687. The highest BCUT2D eigenvalue weighted by Crippen LogP contribution is 2.39. The molecule has 0 aromatic rings. The maximum atomic E-state index is 11.8. The van der Waals surface area contributed by atoms with E-state index in [0.29, 0.717) is 6.42 Å². The van der Waals surface area contributed by atoms with Gasteiger partial charge in [-0.15, -0.1) is 0 Å². The summed E-state index contributed by atoms with van der Waals surface area (Å²) in [6.45, 7) is 7.32. The van der Waals surface area contributed by atoms with Crippen LogP contribution < -0.4 is 0 Å². The number of carbonyl (C=O) groups excluding carboxylic acids is 1. The van der Waals surface area contributed by atoms with Crippen LogP contribution in [0, 0.1) is 5.41 Å². The minimum Gasteiger partial charge on any atom is -0.459 e. The number of esters is 1. The smallest absolute Gasteiger partial charge is 0.314 e. The average Bonchev–Trinajstić information content (AvgIpc) is 2.30. The Bertz CT molecular complexity index is 229. The molecule has 1 aliphatic rings. The van der Waals surface area contributed by atoms with Gasteiger partial charge in [-0.05, 0) is 47.0 Å². The highest BCUT2D eigenvalue weighted by Gasteiger charge is 2.46. The Kier molecular flexibility index (Phi) is 2.91. The molecule has 0 spiro atoms. The third-order valence-electron chi connectivity index (χ3n) is 2.77. The second kappa shape index (κ2) is 3.54. The van der Waals surface area contributed by atoms with Crippen LogP contribution in [0.1, 0.15) is 47.0 Å². The fourth-order valence-corrected chi connectivity index (χ4v) is 1.78. The Hall–Kier alpha value is -0.570. The lowest BCUT2D eigenvalue weighted by molar-refractivity contribution is -0.171. The first kappa shape index (κ1) is 11.5. The second-order valence-electron chi connectivity index (χ2n) is 5.33. The first-order valence-corrected chi connectivity index (χ1v) is 5.17. The van der Waals surface area contributed by atoms with Crippen molar-refractivity contribution in [2.75, 3.05) is 0 Å². The zero-order valence-corrected chi connectivity index (χ0v) is 9.46.